The summed E-state index contributed by atoms with van der Waals surface area (Å²) in [5, 5.41) is 17.4. The SMILES string of the molecule is O=C(O)C1CCc2nnc(C3CCCS(=O)(=O)C3)n2C1. The number of rotatable bonds is 2. The minimum atomic E-state index is -3.01. The topological polar surface area (TPSA) is 102 Å². The molecule has 0 amide bonds. The minimum Gasteiger partial charge on any atom is -0.481 e. The number of sulfone groups is 1. The van der Waals surface area contributed by atoms with Crippen LogP contribution in [0.15, 0.2) is 0 Å². The largest absolute Gasteiger partial charge is 0.481 e. The average molecular weight is 299 g/mol. The number of aromatic nitrogens is 3. The van der Waals surface area contributed by atoms with Crippen LogP contribution in [0.25, 0.3) is 0 Å². The van der Waals surface area contributed by atoms with Crippen LogP contribution in [0.2, 0.25) is 0 Å². The van der Waals surface area contributed by atoms with Crippen molar-refractivity contribution in [2.75, 3.05) is 11.5 Å². The molecule has 20 heavy (non-hydrogen) atoms. The predicted octanol–water partition coefficient (Wildman–Crippen LogP) is 0.217. The Bertz CT molecular complexity index is 637. The number of hydrogen-bond acceptors (Lipinski definition) is 5. The number of carbonyl (C=O) groups is 1. The monoisotopic (exact) mass is 299 g/mol. The molecule has 1 saturated heterocycles. The molecule has 0 aliphatic carbocycles. The Kier molecular flexibility index (Phi) is 3.27. The fourth-order valence-corrected chi connectivity index (χ4v) is 4.78. The van der Waals surface area contributed by atoms with E-state index in [1.807, 2.05) is 4.57 Å². The lowest BCUT2D eigenvalue weighted by molar-refractivity contribution is -0.142. The number of aryl methyl sites for hydroxylation is 1. The van der Waals surface area contributed by atoms with E-state index >= 15 is 0 Å². The molecule has 110 valence electrons. The Morgan fingerprint density at radius 2 is 2.10 bits per heavy atom. The molecule has 2 aliphatic heterocycles. The van der Waals surface area contributed by atoms with Crippen molar-refractivity contribution in [3.8, 4) is 0 Å². The highest BCUT2D eigenvalue weighted by molar-refractivity contribution is 7.91. The van der Waals surface area contributed by atoms with Crippen LogP contribution >= 0.6 is 0 Å². The predicted molar refractivity (Wildman–Crippen MR) is 70.1 cm³/mol. The lowest BCUT2D eigenvalue weighted by Crippen LogP contribution is -2.30. The number of nitrogens with zero attached hydrogens (tertiary/aromatic N) is 3. The summed E-state index contributed by atoms with van der Waals surface area (Å²) in [6, 6.07) is 0. The highest BCUT2D eigenvalue weighted by Gasteiger charge is 2.33. The van der Waals surface area contributed by atoms with Gasteiger partial charge in [-0.15, -0.1) is 10.2 Å². The third-order valence-corrected chi connectivity index (χ3v) is 5.97. The molecule has 1 aromatic rings. The van der Waals surface area contributed by atoms with Gasteiger partial charge in [0.2, 0.25) is 0 Å². The Hall–Kier alpha value is -1.44. The molecular weight excluding hydrogens is 282 g/mol. The van der Waals surface area contributed by atoms with Gasteiger partial charge in [-0.25, -0.2) is 8.42 Å². The molecule has 0 bridgehead atoms. The molecular formula is C12H17N3O4S. The van der Waals surface area contributed by atoms with Crippen molar-refractivity contribution >= 4 is 15.8 Å². The Morgan fingerprint density at radius 1 is 1.30 bits per heavy atom. The van der Waals surface area contributed by atoms with Gasteiger partial charge in [0, 0.05) is 18.9 Å². The number of carboxylic acids is 1. The molecule has 7 nitrogen and oxygen atoms in total. The van der Waals surface area contributed by atoms with Crippen molar-refractivity contribution in [1.29, 1.82) is 0 Å². The molecule has 3 rings (SSSR count). The van der Waals surface area contributed by atoms with Crippen LogP contribution in [-0.2, 0) is 27.6 Å². The highest BCUT2D eigenvalue weighted by atomic mass is 32.2. The first-order valence-electron chi connectivity index (χ1n) is 6.81. The van der Waals surface area contributed by atoms with Crippen molar-refractivity contribution in [2.24, 2.45) is 5.92 Å². The molecule has 2 aliphatic rings. The third-order valence-electron chi connectivity index (χ3n) is 4.15. The lowest BCUT2D eigenvalue weighted by atomic mass is 9.98. The number of aliphatic carboxylic acids is 1. The molecule has 8 heteroatoms. The van der Waals surface area contributed by atoms with Crippen LogP contribution in [0, 0.1) is 5.92 Å². The molecule has 0 aromatic carbocycles. The number of fused-ring (bicyclic) bond motifs is 1. The zero-order valence-corrected chi connectivity index (χ0v) is 11.8. The summed E-state index contributed by atoms with van der Waals surface area (Å²) in [5.74, 6) is 0.367. The fourth-order valence-electron chi connectivity index (χ4n) is 3.08. The molecule has 1 aromatic heterocycles. The van der Waals surface area contributed by atoms with Gasteiger partial charge >= 0.3 is 5.97 Å². The van der Waals surface area contributed by atoms with Crippen molar-refractivity contribution in [2.45, 2.75) is 38.1 Å². The van der Waals surface area contributed by atoms with Crippen molar-refractivity contribution < 1.29 is 18.3 Å². The zero-order chi connectivity index (χ0) is 14.3. The van der Waals surface area contributed by atoms with E-state index in [1.165, 1.54) is 0 Å². The summed E-state index contributed by atoms with van der Waals surface area (Å²) < 4.78 is 25.3. The van der Waals surface area contributed by atoms with E-state index in [0.717, 1.165) is 12.2 Å². The van der Waals surface area contributed by atoms with E-state index in [4.69, 9.17) is 5.11 Å². The van der Waals surface area contributed by atoms with Gasteiger partial charge in [-0.1, -0.05) is 0 Å². The van der Waals surface area contributed by atoms with Gasteiger partial charge in [0.25, 0.3) is 0 Å². The van der Waals surface area contributed by atoms with E-state index in [-0.39, 0.29) is 17.4 Å². The third kappa shape index (κ3) is 2.44. The summed E-state index contributed by atoms with van der Waals surface area (Å²) >= 11 is 0. The molecule has 3 heterocycles. The number of carboxylic acid groups (broad SMARTS) is 1. The van der Waals surface area contributed by atoms with Gasteiger partial charge in [-0.05, 0) is 19.3 Å². The average Bonchev–Trinajstić information content (AvgIpc) is 2.80. The zero-order valence-electron chi connectivity index (χ0n) is 11.0. The molecule has 2 unspecified atom stereocenters. The maximum atomic E-state index is 11.7. The van der Waals surface area contributed by atoms with E-state index in [0.29, 0.717) is 31.6 Å². The summed E-state index contributed by atoms with van der Waals surface area (Å²) in [4.78, 5) is 11.1. The number of hydrogen-bond donors (Lipinski definition) is 1. The van der Waals surface area contributed by atoms with Crippen LogP contribution < -0.4 is 0 Å². The first-order valence-corrected chi connectivity index (χ1v) is 8.63. The van der Waals surface area contributed by atoms with E-state index in [1.54, 1.807) is 0 Å². The van der Waals surface area contributed by atoms with E-state index in [9.17, 15) is 13.2 Å². The first-order chi connectivity index (χ1) is 9.46. The summed E-state index contributed by atoms with van der Waals surface area (Å²) in [7, 11) is -3.01. The second-order valence-electron chi connectivity index (χ2n) is 5.61. The van der Waals surface area contributed by atoms with Gasteiger partial charge in [0.1, 0.15) is 11.6 Å². The second kappa shape index (κ2) is 4.83. The summed E-state index contributed by atoms with van der Waals surface area (Å²) in [5.41, 5.74) is 0. The second-order valence-corrected chi connectivity index (χ2v) is 7.84. The van der Waals surface area contributed by atoms with Crippen molar-refractivity contribution in [3.05, 3.63) is 11.6 Å². The van der Waals surface area contributed by atoms with Gasteiger partial charge in [-0.2, -0.15) is 0 Å². The summed E-state index contributed by atoms with van der Waals surface area (Å²) in [6.07, 6.45) is 2.56. The fraction of sp³-hybridized carbons (Fsp3) is 0.750. The van der Waals surface area contributed by atoms with Crippen LogP contribution in [0.4, 0.5) is 0 Å². The lowest BCUT2D eigenvalue weighted by Gasteiger charge is -2.25. The first kappa shape index (κ1) is 13.5. The normalized spacial score (nSPS) is 28.8. The van der Waals surface area contributed by atoms with Gasteiger partial charge in [0.15, 0.2) is 9.84 Å². The molecule has 1 fully saturated rings. The van der Waals surface area contributed by atoms with E-state index in [2.05, 4.69) is 10.2 Å². The highest BCUT2D eigenvalue weighted by Crippen LogP contribution is 2.30. The van der Waals surface area contributed by atoms with Crippen molar-refractivity contribution in [1.82, 2.24) is 14.8 Å². The maximum absolute atomic E-state index is 11.7. The van der Waals surface area contributed by atoms with Gasteiger partial charge < -0.3 is 9.67 Å². The van der Waals surface area contributed by atoms with E-state index < -0.39 is 21.7 Å². The van der Waals surface area contributed by atoms with Crippen LogP contribution in [0.3, 0.4) is 0 Å². The smallest absolute Gasteiger partial charge is 0.308 e. The Labute approximate surface area is 116 Å². The van der Waals surface area contributed by atoms with Crippen LogP contribution in [0.1, 0.15) is 36.8 Å². The molecule has 0 saturated carbocycles. The quantitative estimate of drug-likeness (QED) is 0.838. The summed E-state index contributed by atoms with van der Waals surface area (Å²) in [6.45, 7) is 0.351. The maximum Gasteiger partial charge on any atom is 0.308 e. The van der Waals surface area contributed by atoms with Gasteiger partial charge in [-0.3, -0.25) is 4.79 Å². The van der Waals surface area contributed by atoms with Gasteiger partial charge in [0.05, 0.1) is 17.4 Å². The van der Waals surface area contributed by atoms with Crippen LogP contribution in [0.5, 0.6) is 0 Å². The van der Waals surface area contributed by atoms with Crippen molar-refractivity contribution in [3.63, 3.8) is 0 Å². The standard InChI is InChI=1S/C12H17N3O4S/c16-12(17)8-3-4-10-13-14-11(15(10)6-8)9-2-1-5-20(18,19)7-9/h8-9H,1-7H2,(H,16,17). The Balaban J connectivity index is 1.89. The molecule has 0 radical (unpaired) electrons. The molecule has 0 spiro atoms. The minimum absolute atomic E-state index is 0.100. The molecule has 1 N–H and O–H groups in total. The van der Waals surface area contributed by atoms with Crippen LogP contribution in [-0.4, -0.2) is 45.8 Å². The molecule has 2 atom stereocenters. The Morgan fingerprint density at radius 3 is 2.80 bits per heavy atom.